The number of aromatic nitrogens is 1. The van der Waals surface area contributed by atoms with E-state index in [0.717, 1.165) is 5.56 Å². The van der Waals surface area contributed by atoms with E-state index >= 15 is 0 Å². The number of aliphatic hydroxyl groups is 4. The molecule has 2 heterocycles. The van der Waals surface area contributed by atoms with E-state index in [1.165, 1.54) is 7.11 Å². The molecule has 0 saturated heterocycles. The normalized spacial score (nSPS) is 13.6. The highest BCUT2D eigenvalue weighted by Crippen LogP contribution is 2.36. The lowest BCUT2D eigenvalue weighted by molar-refractivity contribution is 0.0935. The number of rotatable bonds is 14. The molecule has 13 nitrogen and oxygen atoms in total. The van der Waals surface area contributed by atoms with Gasteiger partial charge in [0.05, 0.1) is 46.2 Å². The quantitative estimate of drug-likeness (QED) is 0.0914. The summed E-state index contributed by atoms with van der Waals surface area (Å²) in [6.45, 7) is -0.886. The van der Waals surface area contributed by atoms with Crippen molar-refractivity contribution >= 4 is 11.6 Å². The van der Waals surface area contributed by atoms with Crippen LogP contribution in [-0.2, 0) is 26.4 Å². The van der Waals surface area contributed by atoms with E-state index in [-0.39, 0.29) is 45.5 Å². The molecular weight excluding hydrogens is 646 g/mol. The van der Waals surface area contributed by atoms with Crippen LogP contribution in [0.5, 0.6) is 23.0 Å². The summed E-state index contributed by atoms with van der Waals surface area (Å²) in [4.78, 5) is 12.8. The molecule has 1 atom stereocenters. The topological polar surface area (TPSA) is 185 Å². The Morgan fingerprint density at radius 3 is 2.10 bits per heavy atom. The number of methoxy groups -OCH3 is 2. The Bertz CT molecular complexity index is 1970. The van der Waals surface area contributed by atoms with Crippen LogP contribution in [0.25, 0.3) is 22.6 Å². The summed E-state index contributed by atoms with van der Waals surface area (Å²) in [5.41, 5.74) is 5.68. The Labute approximate surface area is 287 Å². The summed E-state index contributed by atoms with van der Waals surface area (Å²) in [5, 5.41) is 49.8. The third kappa shape index (κ3) is 7.07. The number of nitrogens with one attached hydrogen (secondary N) is 2. The van der Waals surface area contributed by atoms with Gasteiger partial charge in [-0.1, -0.05) is 11.2 Å². The molecule has 4 aromatic carbocycles. The van der Waals surface area contributed by atoms with Crippen molar-refractivity contribution in [3.8, 4) is 45.6 Å². The lowest BCUT2D eigenvalue weighted by Gasteiger charge is -2.29. The van der Waals surface area contributed by atoms with Gasteiger partial charge in [0.15, 0.2) is 17.3 Å². The first-order valence-corrected chi connectivity index (χ1v) is 15.8. The number of carbonyl (C=O) groups excluding carboxylic acids is 1. The molecule has 1 amide bonds. The molecule has 5 aromatic rings. The van der Waals surface area contributed by atoms with Gasteiger partial charge in [-0.05, 0) is 82.9 Å². The standard InChI is InChI=1S/C37H37N3O10/c1-46-27-5-6-30-28(15-27)37(45)39-36(38-30)22-4-7-32(26(11-22)19-43)48-9-10-49-35-14-21(3-8-33(35)47-2)34-16-31(40-50-34)23-12-24(17-41)29(20-44)25(13-23)18-42/h3-8,11-16,36,38,41-44H,9-10,17-20H2,1-2H3,(H,39,45). The fourth-order valence-electron chi connectivity index (χ4n) is 5.80. The van der Waals surface area contributed by atoms with Crippen LogP contribution in [-0.4, -0.2) is 58.9 Å². The predicted octanol–water partition coefficient (Wildman–Crippen LogP) is 4.31. The number of ether oxygens (including phenoxy) is 4. The number of nitrogens with zero attached hydrogens (tertiary/aromatic N) is 1. The predicted molar refractivity (Wildman–Crippen MR) is 182 cm³/mol. The highest BCUT2D eigenvalue weighted by molar-refractivity contribution is 6.02. The second-order valence-corrected chi connectivity index (χ2v) is 11.4. The second-order valence-electron chi connectivity index (χ2n) is 11.4. The fraction of sp³-hybridized carbons (Fsp3) is 0.243. The first-order chi connectivity index (χ1) is 24.4. The largest absolute Gasteiger partial charge is 0.497 e. The van der Waals surface area contributed by atoms with Crippen LogP contribution >= 0.6 is 0 Å². The lowest BCUT2D eigenvalue weighted by Crippen LogP contribution is -2.38. The molecule has 1 aliphatic heterocycles. The molecule has 260 valence electrons. The average molecular weight is 684 g/mol. The molecule has 50 heavy (non-hydrogen) atoms. The van der Waals surface area contributed by atoms with Gasteiger partial charge < -0.3 is 54.5 Å². The molecule has 6 rings (SSSR count). The van der Waals surface area contributed by atoms with Crippen LogP contribution in [0.15, 0.2) is 77.3 Å². The van der Waals surface area contributed by atoms with Crippen LogP contribution in [0.2, 0.25) is 0 Å². The Kier molecular flexibility index (Phi) is 10.5. The van der Waals surface area contributed by atoms with Crippen molar-refractivity contribution in [2.45, 2.75) is 32.6 Å². The molecule has 13 heteroatoms. The molecule has 0 spiro atoms. The maximum Gasteiger partial charge on any atom is 0.255 e. The summed E-state index contributed by atoms with van der Waals surface area (Å²) in [5.74, 6) is 2.21. The zero-order chi connectivity index (χ0) is 35.2. The number of fused-ring (bicyclic) bond motifs is 1. The maximum absolute atomic E-state index is 12.8. The first kappa shape index (κ1) is 34.3. The minimum atomic E-state index is -0.505. The van der Waals surface area contributed by atoms with E-state index in [9.17, 15) is 25.2 Å². The van der Waals surface area contributed by atoms with Crippen molar-refractivity contribution in [3.05, 3.63) is 106 Å². The van der Waals surface area contributed by atoms with Gasteiger partial charge in [0, 0.05) is 28.4 Å². The number of amides is 1. The number of hydrogen-bond donors (Lipinski definition) is 6. The Hall–Kier alpha value is -5.60. The molecule has 0 bridgehead atoms. The van der Waals surface area contributed by atoms with Crippen LogP contribution in [0.1, 0.15) is 44.3 Å². The molecule has 6 N–H and O–H groups in total. The van der Waals surface area contributed by atoms with Gasteiger partial charge in [0.1, 0.15) is 36.6 Å². The Balaban J connectivity index is 1.11. The Morgan fingerprint density at radius 2 is 1.42 bits per heavy atom. The lowest BCUT2D eigenvalue weighted by atomic mass is 9.97. The summed E-state index contributed by atoms with van der Waals surface area (Å²) < 4.78 is 28.3. The van der Waals surface area contributed by atoms with Crippen molar-refractivity contribution in [2.24, 2.45) is 0 Å². The van der Waals surface area contributed by atoms with Crippen molar-refractivity contribution in [2.75, 3.05) is 32.8 Å². The van der Waals surface area contributed by atoms with E-state index < -0.39 is 6.17 Å². The highest BCUT2D eigenvalue weighted by Gasteiger charge is 2.26. The number of carbonyl (C=O) groups is 1. The van der Waals surface area contributed by atoms with E-state index in [0.29, 0.717) is 79.1 Å². The summed E-state index contributed by atoms with van der Waals surface area (Å²) in [6, 6.07) is 21.0. The van der Waals surface area contributed by atoms with Gasteiger partial charge in [-0.25, -0.2) is 0 Å². The van der Waals surface area contributed by atoms with E-state index in [1.54, 1.807) is 73.8 Å². The van der Waals surface area contributed by atoms with E-state index in [2.05, 4.69) is 15.8 Å². The highest BCUT2D eigenvalue weighted by atomic mass is 16.5. The van der Waals surface area contributed by atoms with Crippen molar-refractivity contribution < 1.29 is 48.7 Å². The Morgan fingerprint density at radius 1 is 0.700 bits per heavy atom. The molecule has 0 fully saturated rings. The monoisotopic (exact) mass is 683 g/mol. The first-order valence-electron chi connectivity index (χ1n) is 15.8. The smallest absolute Gasteiger partial charge is 0.255 e. The summed E-state index contributed by atoms with van der Waals surface area (Å²) in [7, 11) is 3.08. The van der Waals surface area contributed by atoms with Crippen LogP contribution in [0.4, 0.5) is 5.69 Å². The van der Waals surface area contributed by atoms with Gasteiger partial charge in [-0.2, -0.15) is 0 Å². The van der Waals surface area contributed by atoms with Gasteiger partial charge in [0.25, 0.3) is 5.91 Å². The summed E-state index contributed by atoms with van der Waals surface area (Å²) in [6.07, 6.45) is -0.505. The van der Waals surface area contributed by atoms with Gasteiger partial charge >= 0.3 is 0 Å². The van der Waals surface area contributed by atoms with Crippen LogP contribution in [0, 0.1) is 0 Å². The van der Waals surface area contributed by atoms with Crippen molar-refractivity contribution in [3.63, 3.8) is 0 Å². The van der Waals surface area contributed by atoms with Gasteiger partial charge in [-0.3, -0.25) is 4.79 Å². The molecular formula is C37H37N3O10. The minimum absolute atomic E-state index is 0.152. The van der Waals surface area contributed by atoms with Crippen LogP contribution < -0.4 is 29.6 Å². The number of aliphatic hydroxyl groups excluding tert-OH is 4. The molecule has 0 saturated carbocycles. The average Bonchev–Trinajstić information content (AvgIpc) is 3.66. The third-order valence-corrected chi connectivity index (χ3v) is 8.42. The van der Waals surface area contributed by atoms with E-state index in [4.69, 9.17) is 23.5 Å². The zero-order valence-corrected chi connectivity index (χ0v) is 27.4. The number of benzene rings is 4. The van der Waals surface area contributed by atoms with Crippen molar-refractivity contribution in [1.82, 2.24) is 10.5 Å². The molecule has 0 radical (unpaired) electrons. The van der Waals surface area contributed by atoms with Crippen LogP contribution in [0.3, 0.4) is 0 Å². The second kappa shape index (κ2) is 15.3. The number of anilines is 1. The zero-order valence-electron chi connectivity index (χ0n) is 27.4. The minimum Gasteiger partial charge on any atom is -0.497 e. The van der Waals surface area contributed by atoms with E-state index in [1.807, 2.05) is 6.07 Å². The molecule has 1 aromatic heterocycles. The SMILES string of the molecule is COc1ccc2c(c1)C(=O)NC(c1ccc(OCCOc3cc(-c4cc(-c5cc(CO)c(CO)c(CO)c5)no4)ccc3OC)c(CO)c1)N2. The maximum atomic E-state index is 12.8. The van der Waals surface area contributed by atoms with Gasteiger partial charge in [-0.15, -0.1) is 0 Å². The van der Waals surface area contributed by atoms with Gasteiger partial charge in [0.2, 0.25) is 0 Å². The molecule has 0 aliphatic carbocycles. The number of hydrogen-bond acceptors (Lipinski definition) is 12. The molecule has 1 aliphatic rings. The summed E-state index contributed by atoms with van der Waals surface area (Å²) >= 11 is 0. The third-order valence-electron chi connectivity index (χ3n) is 8.42. The molecule has 1 unspecified atom stereocenters. The van der Waals surface area contributed by atoms with Crippen molar-refractivity contribution in [1.29, 1.82) is 0 Å². The fourth-order valence-corrected chi connectivity index (χ4v) is 5.80.